The normalized spacial score (nSPS) is 19.8. The van der Waals surface area contributed by atoms with E-state index in [1.54, 1.807) is 30.9 Å². The molecule has 51 heavy (non-hydrogen) atoms. The van der Waals surface area contributed by atoms with Crippen molar-refractivity contribution in [3.63, 3.8) is 0 Å². The Balaban J connectivity index is 1.24. The number of amides is 2. The van der Waals surface area contributed by atoms with E-state index in [9.17, 15) is 49.5 Å². The molecule has 5 rings (SSSR count). The minimum Gasteiger partial charge on any atom is -0.485 e. The highest BCUT2D eigenvalue weighted by Gasteiger charge is 2.58. The molecule has 0 aliphatic carbocycles. The number of sulfonamides is 1. The molecule has 2 saturated heterocycles. The first-order valence-corrected chi connectivity index (χ1v) is 17.7. The van der Waals surface area contributed by atoms with Gasteiger partial charge in [0.1, 0.15) is 23.8 Å². The highest BCUT2D eigenvalue weighted by atomic mass is 35.5. The van der Waals surface area contributed by atoms with Crippen molar-refractivity contribution >= 4 is 45.4 Å². The number of ether oxygens (including phenoxy) is 1. The second-order valence-corrected chi connectivity index (χ2v) is 15.2. The quantitative estimate of drug-likeness (QED) is 0.339. The lowest BCUT2D eigenvalue weighted by atomic mass is 9.89. The van der Waals surface area contributed by atoms with Crippen molar-refractivity contribution in [2.24, 2.45) is 4.99 Å². The van der Waals surface area contributed by atoms with Gasteiger partial charge in [-0.1, -0.05) is 11.6 Å². The third kappa shape index (κ3) is 8.05. The van der Waals surface area contributed by atoms with Gasteiger partial charge in [-0.25, -0.2) is 12.8 Å². The summed E-state index contributed by atoms with van der Waals surface area (Å²) in [5.41, 5.74) is -0.365. The van der Waals surface area contributed by atoms with Crippen molar-refractivity contribution in [1.29, 1.82) is 0 Å². The van der Waals surface area contributed by atoms with Crippen LogP contribution in [0.5, 0.6) is 5.75 Å². The zero-order valence-electron chi connectivity index (χ0n) is 27.5. The lowest BCUT2D eigenvalue weighted by Crippen LogP contribution is -2.50. The van der Waals surface area contributed by atoms with Crippen molar-refractivity contribution in [3.05, 3.63) is 68.6 Å². The number of alkyl halides is 6. The average Bonchev–Trinajstić information content (AvgIpc) is 3.38. The van der Waals surface area contributed by atoms with Gasteiger partial charge in [-0.2, -0.15) is 26.3 Å². The average molecular weight is 765 g/mol. The molecule has 18 heteroatoms. The molecule has 278 valence electrons. The monoisotopic (exact) mass is 764 g/mol. The first-order chi connectivity index (χ1) is 23.7. The first-order valence-electron chi connectivity index (χ1n) is 15.8. The Morgan fingerprint density at radius 2 is 1.65 bits per heavy atom. The summed E-state index contributed by atoms with van der Waals surface area (Å²) in [7, 11) is -3.97. The summed E-state index contributed by atoms with van der Waals surface area (Å²) in [6, 6.07) is 6.92. The Morgan fingerprint density at radius 1 is 1.04 bits per heavy atom. The van der Waals surface area contributed by atoms with Gasteiger partial charge in [-0.15, -0.1) is 0 Å². The van der Waals surface area contributed by atoms with Crippen LogP contribution in [0.25, 0.3) is 6.08 Å². The fraction of sp³-hybridized carbons (Fsp3) is 0.485. The molecule has 0 bridgehead atoms. The molecule has 10 nitrogen and oxygen atoms in total. The first kappa shape index (κ1) is 38.6. The Labute approximate surface area is 295 Å². The standard InChI is InChI=1S/C33H35ClF6N4O6S/c1-20-15-23(28(45)43-10-6-30(47,18-35)7-11-43)16-21(2)24(20)5-14-51(48,49)44-12-8-31(9-13-44)29(46)41-27(42-31)22-3-4-25(34)26(17-22)50-19-32(36,37)33(38,39)40/h3-5,14-17,47H,6-13,18-19H2,1-2H3,(H,41,42,46). The van der Waals surface area contributed by atoms with Gasteiger partial charge in [0.15, 0.2) is 6.61 Å². The van der Waals surface area contributed by atoms with Crippen molar-refractivity contribution in [2.45, 2.75) is 62.8 Å². The summed E-state index contributed by atoms with van der Waals surface area (Å²) in [4.78, 5) is 32.2. The van der Waals surface area contributed by atoms with E-state index in [1.807, 2.05) is 0 Å². The van der Waals surface area contributed by atoms with Gasteiger partial charge in [-0.3, -0.25) is 14.6 Å². The summed E-state index contributed by atoms with van der Waals surface area (Å²) in [6.45, 7) is 0.850. The smallest absolute Gasteiger partial charge is 0.456 e. The fourth-order valence-corrected chi connectivity index (χ4v) is 7.50. The number of nitrogens with one attached hydrogen (secondary N) is 1. The molecule has 0 radical (unpaired) electrons. The van der Waals surface area contributed by atoms with Crippen LogP contribution in [0.4, 0.5) is 26.3 Å². The number of rotatable bonds is 9. The SMILES string of the molecule is Cc1cc(C(=O)N2CCC(O)(CF)CC2)cc(C)c1C=CS(=O)(=O)N1CCC2(CC1)N=C(c1ccc(Cl)c(OCC(F)(F)C(F)(F)F)c1)NC2=O. The molecule has 0 unspecified atom stereocenters. The second-order valence-electron chi connectivity index (χ2n) is 13.0. The lowest BCUT2D eigenvalue weighted by Gasteiger charge is -2.36. The van der Waals surface area contributed by atoms with Crippen molar-refractivity contribution in [3.8, 4) is 5.75 Å². The molecule has 2 aromatic carbocycles. The third-order valence-corrected chi connectivity index (χ3v) is 11.3. The van der Waals surface area contributed by atoms with E-state index < -0.39 is 58.2 Å². The minimum absolute atomic E-state index is 0.00174. The third-order valence-electron chi connectivity index (χ3n) is 9.40. The predicted molar refractivity (Wildman–Crippen MR) is 176 cm³/mol. The molecule has 2 aromatic rings. The van der Waals surface area contributed by atoms with Crippen LogP contribution >= 0.6 is 11.6 Å². The molecule has 3 aliphatic heterocycles. The highest BCUT2D eigenvalue weighted by Crippen LogP contribution is 2.38. The van der Waals surface area contributed by atoms with E-state index in [0.717, 1.165) is 11.5 Å². The predicted octanol–water partition coefficient (Wildman–Crippen LogP) is 5.18. The second kappa shape index (κ2) is 14.0. The molecule has 0 aromatic heterocycles. The van der Waals surface area contributed by atoms with E-state index >= 15 is 0 Å². The number of hydrogen-bond acceptors (Lipinski definition) is 7. The minimum atomic E-state index is -5.83. The van der Waals surface area contributed by atoms with E-state index in [1.165, 1.54) is 22.5 Å². The Morgan fingerprint density at radius 3 is 2.22 bits per heavy atom. The summed E-state index contributed by atoms with van der Waals surface area (Å²) >= 11 is 5.94. The maximum Gasteiger partial charge on any atom is 0.456 e. The molecule has 3 aliphatic rings. The number of carbonyl (C=O) groups excluding carboxylic acids is 2. The van der Waals surface area contributed by atoms with Crippen LogP contribution in [-0.4, -0.2) is 103 Å². The van der Waals surface area contributed by atoms with Crippen LogP contribution in [0.1, 0.15) is 58.3 Å². The Bertz CT molecular complexity index is 1850. The molecule has 2 fully saturated rings. The van der Waals surface area contributed by atoms with Gasteiger partial charge in [0.25, 0.3) is 11.8 Å². The van der Waals surface area contributed by atoms with Gasteiger partial charge in [0.2, 0.25) is 10.0 Å². The van der Waals surface area contributed by atoms with Crippen molar-refractivity contribution < 1.29 is 54.2 Å². The van der Waals surface area contributed by atoms with E-state index in [-0.39, 0.29) is 74.2 Å². The molecule has 2 amide bonds. The number of amidine groups is 1. The highest BCUT2D eigenvalue weighted by molar-refractivity contribution is 7.92. The number of carbonyl (C=O) groups is 2. The van der Waals surface area contributed by atoms with E-state index in [0.29, 0.717) is 22.3 Å². The summed E-state index contributed by atoms with van der Waals surface area (Å²) in [5.74, 6) is -6.43. The number of hydrogen-bond donors (Lipinski definition) is 2. The van der Waals surface area contributed by atoms with E-state index in [4.69, 9.17) is 11.6 Å². The maximum absolute atomic E-state index is 13.4. The number of benzene rings is 2. The van der Waals surface area contributed by atoms with Crippen LogP contribution in [0.2, 0.25) is 5.02 Å². The molecular weight excluding hydrogens is 730 g/mol. The van der Waals surface area contributed by atoms with Gasteiger partial charge in [-0.05, 0) is 92.6 Å². The molecular formula is C33H35ClF6N4O6S. The van der Waals surface area contributed by atoms with E-state index in [2.05, 4.69) is 15.0 Å². The molecule has 2 N–H and O–H groups in total. The molecule has 1 spiro atoms. The van der Waals surface area contributed by atoms with Gasteiger partial charge in [0.05, 0.1) is 10.6 Å². The summed E-state index contributed by atoms with van der Waals surface area (Å²) in [5, 5.41) is 13.5. The largest absolute Gasteiger partial charge is 0.485 e. The van der Waals surface area contributed by atoms with Gasteiger partial charge >= 0.3 is 12.1 Å². The number of aryl methyl sites for hydroxylation is 2. The number of aliphatic hydroxyl groups is 1. The van der Waals surface area contributed by atoms with Gasteiger partial charge in [0, 0.05) is 42.7 Å². The Kier molecular flexibility index (Phi) is 10.6. The van der Waals surface area contributed by atoms with Crippen LogP contribution in [0, 0.1) is 13.8 Å². The zero-order chi connectivity index (χ0) is 37.6. The van der Waals surface area contributed by atoms with Crippen LogP contribution < -0.4 is 10.1 Å². The number of likely N-dealkylation sites (tertiary alicyclic amines) is 1. The van der Waals surface area contributed by atoms with Crippen LogP contribution in [-0.2, 0) is 14.8 Å². The number of nitrogens with zero attached hydrogens (tertiary/aromatic N) is 3. The van der Waals surface area contributed by atoms with Crippen LogP contribution in [0.3, 0.4) is 0 Å². The number of piperidine rings is 2. The molecule has 3 heterocycles. The fourth-order valence-electron chi connectivity index (χ4n) is 6.16. The van der Waals surface area contributed by atoms with Crippen LogP contribution in [0.15, 0.2) is 40.7 Å². The Hall–Kier alpha value is -3.67. The van der Waals surface area contributed by atoms with Crippen molar-refractivity contribution in [1.82, 2.24) is 14.5 Å². The lowest BCUT2D eigenvalue weighted by molar-refractivity contribution is -0.290. The topological polar surface area (TPSA) is 129 Å². The molecule has 0 atom stereocenters. The number of halogens is 7. The maximum atomic E-state index is 13.4. The summed E-state index contributed by atoms with van der Waals surface area (Å²) < 4.78 is 110. The zero-order valence-corrected chi connectivity index (χ0v) is 29.1. The number of aliphatic imine (C=N–C) groups is 1. The van der Waals surface area contributed by atoms with Gasteiger partial charge < -0.3 is 20.1 Å². The summed E-state index contributed by atoms with van der Waals surface area (Å²) in [6.07, 6.45) is -4.15. The van der Waals surface area contributed by atoms with Crippen molar-refractivity contribution in [2.75, 3.05) is 39.5 Å². The molecule has 0 saturated carbocycles.